The largest absolute Gasteiger partial charge is 0.465 e. The number of carboxylic acid groups (broad SMARTS) is 1. The van der Waals surface area contributed by atoms with E-state index in [0.29, 0.717) is 41.5 Å². The molecule has 2 N–H and O–H groups in total. The third kappa shape index (κ3) is 5.15. The first-order chi connectivity index (χ1) is 23.6. The van der Waals surface area contributed by atoms with Crippen molar-refractivity contribution in [3.8, 4) is 0 Å². The summed E-state index contributed by atoms with van der Waals surface area (Å²) in [5, 5.41) is 22.8. The number of fused-ring (bicyclic) bond motifs is 7. The van der Waals surface area contributed by atoms with Crippen molar-refractivity contribution in [3.63, 3.8) is 0 Å². The number of carbonyl (C=O) groups is 2. The first-order valence-electron chi connectivity index (χ1n) is 20.3. The fourth-order valence-electron chi connectivity index (χ4n) is 14.6. The van der Waals surface area contributed by atoms with Crippen LogP contribution in [-0.4, -0.2) is 39.6 Å². The number of hydrogen-bond donors (Lipinski definition) is 2. The third-order valence-corrected chi connectivity index (χ3v) is 17.6. The molecule has 1 amide bonds. The Kier molecular flexibility index (Phi) is 8.69. The lowest BCUT2D eigenvalue weighted by molar-refractivity contribution is -0.230. The van der Waals surface area contributed by atoms with Gasteiger partial charge in [-0.1, -0.05) is 98.5 Å². The van der Waals surface area contributed by atoms with Gasteiger partial charge in [-0.25, -0.2) is 4.79 Å². The molecule has 6 heteroatoms. The topological polar surface area (TPSA) is 77.8 Å². The van der Waals surface area contributed by atoms with Crippen LogP contribution in [-0.2, 0) is 10.3 Å². The highest BCUT2D eigenvalue weighted by Gasteiger charge is 2.71. The van der Waals surface area contributed by atoms with Crippen molar-refractivity contribution in [1.82, 2.24) is 4.90 Å². The molecule has 0 heterocycles. The summed E-state index contributed by atoms with van der Waals surface area (Å²) < 4.78 is 0. The van der Waals surface area contributed by atoms with Crippen LogP contribution in [0.25, 0.3) is 0 Å². The normalized spacial score (nSPS) is 40.2. The molecule has 0 aromatic heterocycles. The van der Waals surface area contributed by atoms with E-state index in [4.69, 9.17) is 11.6 Å². The Hall–Kier alpha value is -1.85. The molecule has 0 bridgehead atoms. The Morgan fingerprint density at radius 3 is 2.10 bits per heavy atom. The van der Waals surface area contributed by atoms with Crippen molar-refractivity contribution in [2.24, 2.45) is 62.1 Å². The molecular formula is C45H66ClNO4. The van der Waals surface area contributed by atoms with Crippen LogP contribution in [0.4, 0.5) is 4.79 Å². The highest BCUT2D eigenvalue weighted by molar-refractivity contribution is 6.30. The van der Waals surface area contributed by atoms with E-state index in [2.05, 4.69) is 69.2 Å². The fraction of sp³-hybridized carbons (Fsp3) is 0.778. The molecule has 5 nitrogen and oxygen atoms in total. The molecule has 1 aromatic rings. The summed E-state index contributed by atoms with van der Waals surface area (Å²) in [7, 11) is 0. The molecule has 0 radical (unpaired) electrons. The summed E-state index contributed by atoms with van der Waals surface area (Å²) >= 11 is 6.28. The van der Waals surface area contributed by atoms with E-state index in [1.807, 2.05) is 24.3 Å². The van der Waals surface area contributed by atoms with Gasteiger partial charge in [0.15, 0.2) is 5.78 Å². The Balaban J connectivity index is 1.32. The number of amides is 1. The van der Waals surface area contributed by atoms with Crippen LogP contribution < -0.4 is 0 Å². The van der Waals surface area contributed by atoms with Crippen LogP contribution in [0, 0.1) is 62.1 Å². The van der Waals surface area contributed by atoms with E-state index in [9.17, 15) is 19.8 Å². The van der Waals surface area contributed by atoms with E-state index in [1.54, 1.807) is 4.90 Å². The van der Waals surface area contributed by atoms with Gasteiger partial charge in [0.1, 0.15) is 0 Å². The standard InChI is InChI=1S/C45H66ClNO4/c1-27(2)36-31(48)25-44(34(39(3,4)5)26-47(38(50)51)45(23-24-45)28-11-13-29(46)14-12-28)22-21-42(9)30(37(36)44)15-16-33-41(8)19-18-35(49)40(6,7)32(41)17-20-43(33,42)10/h11-14,27,30,32-35,49H,15-26H2,1-10H3,(H,50,51)/t30-,32+,33-,34?,35+,41+,42-,43-,44-/m1/s1. The summed E-state index contributed by atoms with van der Waals surface area (Å²) in [6.45, 7) is 24.2. The van der Waals surface area contributed by atoms with Gasteiger partial charge < -0.3 is 10.2 Å². The van der Waals surface area contributed by atoms with Crippen molar-refractivity contribution >= 4 is 23.5 Å². The van der Waals surface area contributed by atoms with Crippen molar-refractivity contribution in [3.05, 3.63) is 46.0 Å². The molecule has 6 aliphatic carbocycles. The minimum atomic E-state index is -0.869. The van der Waals surface area contributed by atoms with E-state index >= 15 is 0 Å². The van der Waals surface area contributed by atoms with Gasteiger partial charge in [0, 0.05) is 23.4 Å². The van der Waals surface area contributed by atoms with Crippen molar-refractivity contribution in [1.29, 1.82) is 0 Å². The number of Topliss-reactive ketones (excluding diaryl/α,β-unsaturated/α-hetero) is 1. The molecule has 5 fully saturated rings. The van der Waals surface area contributed by atoms with E-state index in [0.717, 1.165) is 68.9 Å². The van der Waals surface area contributed by atoms with E-state index < -0.39 is 11.6 Å². The lowest BCUT2D eigenvalue weighted by Crippen LogP contribution is -2.66. The molecular weight excluding hydrogens is 654 g/mol. The van der Waals surface area contributed by atoms with Crippen molar-refractivity contribution in [2.45, 2.75) is 152 Å². The number of carbonyl (C=O) groups excluding carboxylic acids is 1. The smallest absolute Gasteiger partial charge is 0.408 e. The zero-order chi connectivity index (χ0) is 37.3. The zero-order valence-corrected chi connectivity index (χ0v) is 34.1. The SMILES string of the molecule is CC(C)C1=C2[C@H]3CC[C@@H]4[C@@]5(C)CC[C@H](O)C(C)(C)[C@@H]5CC[C@@]4(C)[C@]3(C)CC[C@]2(C(CN(C(=O)O)C2(c3ccc(Cl)cc3)CC2)C(C)(C)C)CC1=O. The zero-order valence-electron chi connectivity index (χ0n) is 33.3. The van der Waals surface area contributed by atoms with Crippen LogP contribution in [0.15, 0.2) is 35.4 Å². The first-order valence-corrected chi connectivity index (χ1v) is 20.7. The second kappa shape index (κ2) is 11.8. The molecule has 7 rings (SSSR count). The average Bonchev–Trinajstić information content (AvgIpc) is 3.76. The Bertz CT molecular complexity index is 1620. The maximum Gasteiger partial charge on any atom is 0.408 e. The van der Waals surface area contributed by atoms with Crippen LogP contribution in [0.5, 0.6) is 0 Å². The molecule has 0 saturated heterocycles. The number of benzene rings is 1. The predicted octanol–water partition coefficient (Wildman–Crippen LogP) is 11.3. The second-order valence-corrected chi connectivity index (χ2v) is 21.5. The predicted molar refractivity (Wildman–Crippen MR) is 205 cm³/mol. The molecule has 9 atom stereocenters. The highest BCUT2D eigenvalue weighted by atomic mass is 35.5. The maximum absolute atomic E-state index is 14.6. The Labute approximate surface area is 313 Å². The fourth-order valence-corrected chi connectivity index (χ4v) is 14.7. The van der Waals surface area contributed by atoms with Gasteiger partial charge in [0.05, 0.1) is 11.6 Å². The number of aliphatic hydroxyl groups is 1. The average molecular weight is 720 g/mol. The lowest BCUT2D eigenvalue weighted by Gasteiger charge is -2.72. The maximum atomic E-state index is 14.6. The van der Waals surface area contributed by atoms with Crippen LogP contribution in [0.2, 0.25) is 5.02 Å². The minimum absolute atomic E-state index is 0.00922. The highest BCUT2D eigenvalue weighted by Crippen LogP contribution is 2.78. The number of ketones is 1. The van der Waals surface area contributed by atoms with E-state index in [-0.39, 0.29) is 50.4 Å². The summed E-state index contributed by atoms with van der Waals surface area (Å²) in [6, 6.07) is 7.77. The summed E-state index contributed by atoms with van der Waals surface area (Å²) in [4.78, 5) is 29.7. The summed E-state index contributed by atoms with van der Waals surface area (Å²) in [5.41, 5.74) is 2.68. The van der Waals surface area contributed by atoms with Crippen molar-refractivity contribution in [2.75, 3.05) is 6.54 Å². The molecule has 0 spiro atoms. The molecule has 282 valence electrons. The van der Waals surface area contributed by atoms with Crippen molar-refractivity contribution < 1.29 is 19.8 Å². The van der Waals surface area contributed by atoms with Crippen LogP contribution in [0.1, 0.15) is 145 Å². The van der Waals surface area contributed by atoms with Crippen LogP contribution >= 0.6 is 11.6 Å². The first kappa shape index (κ1) is 37.5. The van der Waals surface area contributed by atoms with Gasteiger partial charge in [-0.15, -0.1) is 0 Å². The number of allylic oxidation sites excluding steroid dienone is 2. The summed E-state index contributed by atoms with van der Waals surface area (Å²) in [5.74, 6) is 1.84. The summed E-state index contributed by atoms with van der Waals surface area (Å²) in [6.07, 6.45) is 9.59. The number of nitrogens with zero attached hydrogens (tertiary/aromatic N) is 1. The number of aliphatic hydroxyl groups excluding tert-OH is 1. The van der Waals surface area contributed by atoms with E-state index in [1.165, 1.54) is 12.0 Å². The quantitative estimate of drug-likeness (QED) is 0.307. The monoisotopic (exact) mass is 719 g/mol. The lowest BCUT2D eigenvalue weighted by atomic mass is 9.32. The van der Waals surface area contributed by atoms with Gasteiger partial charge in [0.25, 0.3) is 0 Å². The van der Waals surface area contributed by atoms with Gasteiger partial charge in [0.2, 0.25) is 0 Å². The molecule has 1 aromatic carbocycles. The number of halogens is 1. The number of rotatable bonds is 6. The second-order valence-electron chi connectivity index (χ2n) is 21.1. The number of hydrogen-bond acceptors (Lipinski definition) is 3. The van der Waals surface area contributed by atoms with Gasteiger partial charge in [-0.3, -0.25) is 9.69 Å². The third-order valence-electron chi connectivity index (χ3n) is 17.4. The Morgan fingerprint density at radius 2 is 1.53 bits per heavy atom. The van der Waals surface area contributed by atoms with Gasteiger partial charge >= 0.3 is 6.09 Å². The minimum Gasteiger partial charge on any atom is -0.465 e. The van der Waals surface area contributed by atoms with Gasteiger partial charge in [-0.2, -0.15) is 0 Å². The molecule has 1 unspecified atom stereocenters. The Morgan fingerprint density at radius 1 is 0.882 bits per heavy atom. The molecule has 51 heavy (non-hydrogen) atoms. The van der Waals surface area contributed by atoms with Gasteiger partial charge in [-0.05, 0) is 144 Å². The molecule has 5 saturated carbocycles. The molecule has 0 aliphatic heterocycles. The van der Waals surface area contributed by atoms with Crippen LogP contribution in [0.3, 0.4) is 0 Å². The molecule has 6 aliphatic rings.